The van der Waals surface area contributed by atoms with Gasteiger partial charge in [0.15, 0.2) is 0 Å². The highest BCUT2D eigenvalue weighted by atomic mass is 16.1. The summed E-state index contributed by atoms with van der Waals surface area (Å²) in [6, 6.07) is 5.23. The lowest BCUT2D eigenvalue weighted by Gasteiger charge is -2.17. The van der Waals surface area contributed by atoms with Crippen molar-refractivity contribution >= 4 is 17.3 Å². The monoisotopic (exact) mass is 273 g/mol. The van der Waals surface area contributed by atoms with Gasteiger partial charge in [0, 0.05) is 29.7 Å². The van der Waals surface area contributed by atoms with E-state index in [1.165, 1.54) is 0 Å². The number of nitrogen functional groups attached to an aromatic ring is 1. The molecule has 5 N–H and O–H groups in total. The van der Waals surface area contributed by atoms with Crippen molar-refractivity contribution in [2.24, 2.45) is 0 Å². The smallest absolute Gasteiger partial charge is 0.253 e. The van der Waals surface area contributed by atoms with Gasteiger partial charge in [0.1, 0.15) is 0 Å². The molecule has 1 unspecified atom stereocenters. The van der Waals surface area contributed by atoms with Gasteiger partial charge in [-0.2, -0.15) is 5.10 Å². The number of nitrogens with one attached hydrogen (secondary N) is 3. The number of nitrogens with two attached hydrogens (primary N) is 1. The highest BCUT2D eigenvalue weighted by molar-refractivity contribution is 6.00. The molecule has 0 bridgehead atoms. The molecule has 2 aromatic rings. The van der Waals surface area contributed by atoms with Gasteiger partial charge in [-0.05, 0) is 32.0 Å². The minimum atomic E-state index is -0.116. The molecular weight excluding hydrogens is 254 g/mol. The molecule has 0 saturated carbocycles. The zero-order valence-corrected chi connectivity index (χ0v) is 11.6. The third-order valence-corrected chi connectivity index (χ3v) is 3.02. The summed E-state index contributed by atoms with van der Waals surface area (Å²) in [6.07, 6.45) is 3.56. The third kappa shape index (κ3) is 3.09. The second-order valence-corrected chi connectivity index (χ2v) is 4.56. The first-order valence-electron chi connectivity index (χ1n) is 6.54. The van der Waals surface area contributed by atoms with Gasteiger partial charge in [0.2, 0.25) is 0 Å². The third-order valence-electron chi connectivity index (χ3n) is 3.02. The molecule has 1 aromatic carbocycles. The summed E-state index contributed by atoms with van der Waals surface area (Å²) in [6.45, 7) is 4.46. The van der Waals surface area contributed by atoms with Crippen molar-refractivity contribution in [3.63, 3.8) is 0 Å². The number of nitrogens with zero attached hydrogens (tertiary/aromatic N) is 1. The van der Waals surface area contributed by atoms with E-state index in [2.05, 4.69) is 20.8 Å². The van der Waals surface area contributed by atoms with Gasteiger partial charge in [-0.1, -0.05) is 0 Å². The first-order valence-corrected chi connectivity index (χ1v) is 6.54. The number of hydrogen-bond donors (Lipinski definition) is 4. The van der Waals surface area contributed by atoms with E-state index < -0.39 is 0 Å². The number of amides is 1. The first-order chi connectivity index (χ1) is 9.61. The molecule has 6 nitrogen and oxygen atoms in total. The summed E-state index contributed by atoms with van der Waals surface area (Å²) >= 11 is 0. The zero-order valence-electron chi connectivity index (χ0n) is 11.6. The molecule has 0 spiro atoms. The molecule has 0 saturated heterocycles. The lowest BCUT2D eigenvalue weighted by atomic mass is 10.1. The number of rotatable bonds is 5. The maximum Gasteiger partial charge on any atom is 0.253 e. The molecule has 106 valence electrons. The molecule has 1 aromatic heterocycles. The number of H-pyrrole nitrogens is 1. The average Bonchev–Trinajstić information content (AvgIpc) is 2.93. The van der Waals surface area contributed by atoms with E-state index in [4.69, 9.17) is 5.73 Å². The number of carbonyl (C=O) groups is 1. The Morgan fingerprint density at radius 1 is 1.50 bits per heavy atom. The van der Waals surface area contributed by atoms with Crippen molar-refractivity contribution < 1.29 is 4.79 Å². The van der Waals surface area contributed by atoms with Crippen molar-refractivity contribution in [2.45, 2.75) is 19.9 Å². The second kappa shape index (κ2) is 6.10. The quantitative estimate of drug-likeness (QED) is 0.626. The number of benzene rings is 1. The predicted octanol–water partition coefficient (Wildman–Crippen LogP) is 1.91. The number of anilines is 2. The van der Waals surface area contributed by atoms with Crippen LogP contribution in [-0.4, -0.2) is 22.6 Å². The van der Waals surface area contributed by atoms with Crippen LogP contribution in [0.25, 0.3) is 0 Å². The van der Waals surface area contributed by atoms with E-state index in [0.29, 0.717) is 23.5 Å². The maximum absolute atomic E-state index is 12.0. The summed E-state index contributed by atoms with van der Waals surface area (Å²) in [5.41, 5.74) is 8.72. The van der Waals surface area contributed by atoms with Crippen molar-refractivity contribution in [2.75, 3.05) is 17.6 Å². The lowest BCUT2D eigenvalue weighted by Crippen LogP contribution is -2.24. The number of carbonyl (C=O) groups excluding carboxylic acids is 1. The fourth-order valence-corrected chi connectivity index (χ4v) is 1.95. The molecule has 0 radical (unpaired) electrons. The second-order valence-electron chi connectivity index (χ2n) is 4.56. The van der Waals surface area contributed by atoms with Crippen molar-refractivity contribution in [1.82, 2.24) is 15.5 Å². The Balaban J connectivity index is 2.25. The highest BCUT2D eigenvalue weighted by Crippen LogP contribution is 2.24. The molecule has 1 heterocycles. The number of aromatic amines is 1. The van der Waals surface area contributed by atoms with Crippen LogP contribution in [0.1, 0.15) is 35.8 Å². The van der Waals surface area contributed by atoms with Crippen molar-refractivity contribution in [3.8, 4) is 0 Å². The molecule has 1 atom stereocenters. The van der Waals surface area contributed by atoms with Crippen molar-refractivity contribution in [3.05, 3.63) is 41.7 Å². The topological polar surface area (TPSA) is 95.8 Å². The van der Waals surface area contributed by atoms with E-state index in [0.717, 1.165) is 5.56 Å². The molecule has 1 amide bonds. The van der Waals surface area contributed by atoms with Crippen LogP contribution in [0.3, 0.4) is 0 Å². The molecule has 0 aliphatic heterocycles. The Kier molecular flexibility index (Phi) is 4.24. The predicted molar refractivity (Wildman–Crippen MR) is 79.5 cm³/mol. The normalized spacial score (nSPS) is 11.9. The first kappa shape index (κ1) is 13.9. The van der Waals surface area contributed by atoms with Crippen molar-refractivity contribution in [1.29, 1.82) is 0 Å². The fourth-order valence-electron chi connectivity index (χ4n) is 1.95. The number of hydrogen-bond acceptors (Lipinski definition) is 4. The van der Waals surface area contributed by atoms with Gasteiger partial charge in [0.25, 0.3) is 5.91 Å². The Morgan fingerprint density at radius 3 is 2.95 bits per heavy atom. The highest BCUT2D eigenvalue weighted by Gasteiger charge is 2.14. The average molecular weight is 273 g/mol. The van der Waals surface area contributed by atoms with Gasteiger partial charge < -0.3 is 16.4 Å². The maximum atomic E-state index is 12.0. The zero-order chi connectivity index (χ0) is 14.5. The Labute approximate surface area is 117 Å². The summed E-state index contributed by atoms with van der Waals surface area (Å²) in [4.78, 5) is 12.0. The largest absolute Gasteiger partial charge is 0.399 e. The standard InChI is InChI=1S/C14H19N5O/c1-3-16-14(20)12-5-4-11(15)6-13(12)19-9(2)10-7-17-18-8-10/h4-9,19H,3,15H2,1-2H3,(H,16,20)(H,17,18). The molecular formula is C14H19N5O. The molecule has 6 heteroatoms. The van der Waals surface area contributed by atoms with Gasteiger partial charge in [-0.3, -0.25) is 9.89 Å². The number of aromatic nitrogens is 2. The van der Waals surface area contributed by atoms with Gasteiger partial charge in [0.05, 0.1) is 17.8 Å². The molecule has 0 aliphatic carbocycles. The van der Waals surface area contributed by atoms with Crippen LogP contribution in [0.5, 0.6) is 0 Å². The van der Waals surface area contributed by atoms with E-state index in [1.807, 2.05) is 20.0 Å². The Hall–Kier alpha value is -2.50. The molecule has 0 aliphatic rings. The lowest BCUT2D eigenvalue weighted by molar-refractivity contribution is 0.0956. The molecule has 0 fully saturated rings. The van der Waals surface area contributed by atoms with Crippen LogP contribution in [-0.2, 0) is 0 Å². The van der Waals surface area contributed by atoms with Crippen LogP contribution < -0.4 is 16.4 Å². The van der Waals surface area contributed by atoms with Gasteiger partial charge >= 0.3 is 0 Å². The van der Waals surface area contributed by atoms with Gasteiger partial charge in [-0.15, -0.1) is 0 Å². The summed E-state index contributed by atoms with van der Waals surface area (Å²) < 4.78 is 0. The van der Waals surface area contributed by atoms with Crippen LogP contribution in [0.2, 0.25) is 0 Å². The fraction of sp³-hybridized carbons (Fsp3) is 0.286. The summed E-state index contributed by atoms with van der Waals surface area (Å²) in [5, 5.41) is 12.8. The van der Waals surface area contributed by atoms with E-state index >= 15 is 0 Å². The van der Waals surface area contributed by atoms with Crippen LogP contribution in [0.15, 0.2) is 30.6 Å². The molecule has 2 rings (SSSR count). The van der Waals surface area contributed by atoms with Crippen LogP contribution in [0, 0.1) is 0 Å². The summed E-state index contributed by atoms with van der Waals surface area (Å²) in [7, 11) is 0. The molecule has 20 heavy (non-hydrogen) atoms. The Morgan fingerprint density at radius 2 is 2.30 bits per heavy atom. The van der Waals surface area contributed by atoms with Gasteiger partial charge in [-0.25, -0.2) is 0 Å². The van der Waals surface area contributed by atoms with E-state index in [-0.39, 0.29) is 11.9 Å². The van der Waals surface area contributed by atoms with Crippen LogP contribution >= 0.6 is 0 Å². The SMILES string of the molecule is CCNC(=O)c1ccc(N)cc1NC(C)c1cn[nH]c1. The summed E-state index contributed by atoms with van der Waals surface area (Å²) in [5.74, 6) is -0.116. The van der Waals surface area contributed by atoms with Crippen LogP contribution in [0.4, 0.5) is 11.4 Å². The Bertz CT molecular complexity index is 579. The van der Waals surface area contributed by atoms with E-state index in [9.17, 15) is 4.79 Å². The minimum absolute atomic E-state index is 0.0173. The van der Waals surface area contributed by atoms with E-state index in [1.54, 1.807) is 24.4 Å². The minimum Gasteiger partial charge on any atom is -0.399 e.